The molecule has 0 aliphatic rings. The second kappa shape index (κ2) is 12.5. The molecule has 0 bridgehead atoms. The van der Waals surface area contributed by atoms with Crippen molar-refractivity contribution in [3.05, 3.63) is 70.3 Å². The summed E-state index contributed by atoms with van der Waals surface area (Å²) in [5.74, 6) is 0.823. The van der Waals surface area contributed by atoms with Crippen LogP contribution in [0.4, 0.5) is 0 Å². The highest BCUT2D eigenvalue weighted by Gasteiger charge is 2.08. The molecule has 1 amide bonds. The number of halogens is 1. The molecule has 5 nitrogen and oxygen atoms in total. The van der Waals surface area contributed by atoms with E-state index in [1.54, 1.807) is 26.0 Å². The predicted octanol–water partition coefficient (Wildman–Crippen LogP) is 3.57. The van der Waals surface area contributed by atoms with E-state index in [1.165, 1.54) is 16.7 Å². The van der Waals surface area contributed by atoms with Gasteiger partial charge in [-0.1, -0.05) is 41.5 Å². The first-order chi connectivity index (χ1) is 13.4. The Kier molecular flexibility index (Phi) is 10.7. The van der Waals surface area contributed by atoms with Crippen LogP contribution in [0.25, 0.3) is 0 Å². The number of nitrogens with zero attached hydrogens (tertiary/aromatic N) is 2. The van der Waals surface area contributed by atoms with Crippen LogP contribution in [0, 0.1) is 13.8 Å². The number of aliphatic imine (C=N–C) groups is 1. The third kappa shape index (κ3) is 8.43. The second-order valence-corrected chi connectivity index (χ2v) is 7.32. The Morgan fingerprint density at radius 3 is 2.07 bits per heavy atom. The van der Waals surface area contributed by atoms with Gasteiger partial charge in [-0.2, -0.15) is 0 Å². The Morgan fingerprint density at radius 2 is 1.52 bits per heavy atom. The SMILES string of the molecule is CN=C(NCCc1cc(C)cc(C)c1)NCCc1cccc(C(=O)N(C)C)c1.I. The average molecular weight is 508 g/mol. The summed E-state index contributed by atoms with van der Waals surface area (Å²) in [7, 11) is 5.32. The van der Waals surface area contributed by atoms with E-state index in [0.29, 0.717) is 0 Å². The Bertz CT molecular complexity index is 813. The molecule has 0 radical (unpaired) electrons. The Hall–Kier alpha value is -2.09. The molecular weight excluding hydrogens is 475 g/mol. The van der Waals surface area contributed by atoms with Gasteiger partial charge in [0.1, 0.15) is 0 Å². The van der Waals surface area contributed by atoms with Crippen molar-refractivity contribution in [2.45, 2.75) is 26.7 Å². The number of hydrogen-bond donors (Lipinski definition) is 2. The van der Waals surface area contributed by atoms with E-state index in [2.05, 4.69) is 47.7 Å². The highest BCUT2D eigenvalue weighted by molar-refractivity contribution is 14.0. The molecule has 0 heterocycles. The number of guanidine groups is 1. The second-order valence-electron chi connectivity index (χ2n) is 7.32. The molecular formula is C23H33IN4O. The van der Waals surface area contributed by atoms with Crippen molar-refractivity contribution in [3.8, 4) is 0 Å². The van der Waals surface area contributed by atoms with E-state index in [1.807, 2.05) is 24.3 Å². The molecule has 0 spiro atoms. The zero-order chi connectivity index (χ0) is 20.5. The fraction of sp³-hybridized carbons (Fsp3) is 0.391. The molecule has 29 heavy (non-hydrogen) atoms. The van der Waals surface area contributed by atoms with Crippen LogP contribution >= 0.6 is 24.0 Å². The molecule has 2 aromatic rings. The van der Waals surface area contributed by atoms with Gasteiger partial charge in [-0.05, 0) is 49.9 Å². The van der Waals surface area contributed by atoms with Crippen molar-refractivity contribution in [1.29, 1.82) is 0 Å². The minimum Gasteiger partial charge on any atom is -0.356 e. The van der Waals surface area contributed by atoms with Crippen LogP contribution < -0.4 is 10.6 Å². The molecule has 0 fully saturated rings. The van der Waals surface area contributed by atoms with Gasteiger partial charge in [0.25, 0.3) is 5.91 Å². The number of rotatable bonds is 7. The number of nitrogens with one attached hydrogen (secondary N) is 2. The summed E-state index contributed by atoms with van der Waals surface area (Å²) in [5, 5.41) is 6.71. The lowest BCUT2D eigenvalue weighted by atomic mass is 10.1. The molecule has 0 aliphatic heterocycles. The van der Waals surface area contributed by atoms with Gasteiger partial charge in [0.2, 0.25) is 0 Å². The van der Waals surface area contributed by atoms with Crippen LogP contribution in [-0.2, 0) is 12.8 Å². The average Bonchev–Trinajstić information content (AvgIpc) is 2.65. The smallest absolute Gasteiger partial charge is 0.253 e. The maximum absolute atomic E-state index is 12.1. The van der Waals surface area contributed by atoms with Crippen LogP contribution in [0.5, 0.6) is 0 Å². The normalized spacial score (nSPS) is 10.9. The highest BCUT2D eigenvalue weighted by atomic mass is 127. The van der Waals surface area contributed by atoms with E-state index in [9.17, 15) is 4.79 Å². The van der Waals surface area contributed by atoms with Crippen LogP contribution in [0.3, 0.4) is 0 Å². The van der Waals surface area contributed by atoms with E-state index < -0.39 is 0 Å². The first-order valence-electron chi connectivity index (χ1n) is 9.71. The molecule has 0 saturated heterocycles. The van der Waals surface area contributed by atoms with E-state index in [0.717, 1.165) is 43.0 Å². The van der Waals surface area contributed by atoms with Gasteiger partial charge >= 0.3 is 0 Å². The first kappa shape index (κ1) is 24.9. The molecule has 2 aromatic carbocycles. The summed E-state index contributed by atoms with van der Waals surface area (Å²) in [6.45, 7) is 5.84. The summed E-state index contributed by atoms with van der Waals surface area (Å²) >= 11 is 0. The summed E-state index contributed by atoms with van der Waals surface area (Å²) in [6, 6.07) is 14.4. The molecule has 0 aliphatic carbocycles. The van der Waals surface area contributed by atoms with E-state index >= 15 is 0 Å². The van der Waals surface area contributed by atoms with Gasteiger partial charge < -0.3 is 15.5 Å². The van der Waals surface area contributed by atoms with Crippen molar-refractivity contribution in [1.82, 2.24) is 15.5 Å². The first-order valence-corrected chi connectivity index (χ1v) is 9.71. The molecule has 0 atom stereocenters. The van der Waals surface area contributed by atoms with Crippen LogP contribution in [0.2, 0.25) is 0 Å². The number of hydrogen-bond acceptors (Lipinski definition) is 2. The summed E-state index contributed by atoms with van der Waals surface area (Å²) in [4.78, 5) is 18.0. The Labute approximate surface area is 192 Å². The monoisotopic (exact) mass is 508 g/mol. The van der Waals surface area contributed by atoms with E-state index in [-0.39, 0.29) is 29.9 Å². The summed E-state index contributed by atoms with van der Waals surface area (Å²) in [6.07, 6.45) is 1.78. The molecule has 2 N–H and O–H groups in total. The zero-order valence-corrected chi connectivity index (χ0v) is 20.4. The Balaban J connectivity index is 0.00000420. The quantitative estimate of drug-likeness (QED) is 0.342. The van der Waals surface area contributed by atoms with Gasteiger partial charge in [-0.3, -0.25) is 9.79 Å². The van der Waals surface area contributed by atoms with Crippen molar-refractivity contribution < 1.29 is 4.79 Å². The molecule has 6 heteroatoms. The van der Waals surface area contributed by atoms with Gasteiger partial charge in [0.15, 0.2) is 5.96 Å². The zero-order valence-electron chi connectivity index (χ0n) is 18.1. The molecule has 0 unspecified atom stereocenters. The third-order valence-corrected chi connectivity index (χ3v) is 4.50. The largest absolute Gasteiger partial charge is 0.356 e. The van der Waals surface area contributed by atoms with Gasteiger partial charge in [-0.15, -0.1) is 24.0 Å². The Morgan fingerprint density at radius 1 is 0.931 bits per heavy atom. The van der Waals surface area contributed by atoms with Gasteiger partial charge in [0.05, 0.1) is 0 Å². The fourth-order valence-corrected chi connectivity index (χ4v) is 3.20. The molecule has 0 saturated carbocycles. The van der Waals surface area contributed by atoms with Crippen molar-refractivity contribution in [2.24, 2.45) is 4.99 Å². The number of carbonyl (C=O) groups excluding carboxylic acids is 1. The highest BCUT2D eigenvalue weighted by Crippen LogP contribution is 2.09. The maximum atomic E-state index is 12.1. The van der Waals surface area contributed by atoms with Gasteiger partial charge in [0, 0.05) is 39.8 Å². The third-order valence-electron chi connectivity index (χ3n) is 4.50. The van der Waals surface area contributed by atoms with Crippen LogP contribution in [-0.4, -0.2) is 51.0 Å². The lowest BCUT2D eigenvalue weighted by molar-refractivity contribution is 0.0827. The van der Waals surface area contributed by atoms with Crippen LogP contribution in [0.1, 0.15) is 32.6 Å². The topological polar surface area (TPSA) is 56.7 Å². The van der Waals surface area contributed by atoms with Crippen molar-refractivity contribution >= 4 is 35.8 Å². The minimum absolute atomic E-state index is 0. The van der Waals surface area contributed by atoms with E-state index in [4.69, 9.17) is 0 Å². The van der Waals surface area contributed by atoms with Crippen LogP contribution in [0.15, 0.2) is 47.5 Å². The minimum atomic E-state index is 0. The number of amides is 1. The van der Waals surface area contributed by atoms with Gasteiger partial charge in [-0.25, -0.2) is 0 Å². The number of carbonyl (C=O) groups is 1. The fourth-order valence-electron chi connectivity index (χ4n) is 3.20. The molecule has 0 aromatic heterocycles. The lowest BCUT2D eigenvalue weighted by Gasteiger charge is -2.13. The predicted molar refractivity (Wildman–Crippen MR) is 133 cm³/mol. The lowest BCUT2D eigenvalue weighted by Crippen LogP contribution is -2.39. The molecule has 158 valence electrons. The number of benzene rings is 2. The molecule has 2 rings (SSSR count). The van der Waals surface area contributed by atoms with Crippen molar-refractivity contribution in [3.63, 3.8) is 0 Å². The standard InChI is InChI=1S/C23H32N4O.HI/c1-17-13-18(2)15-20(14-17)10-12-26-23(24-3)25-11-9-19-7-6-8-21(16-19)22(28)27(4)5;/h6-8,13-16H,9-12H2,1-5H3,(H2,24,25,26);1H. The van der Waals surface area contributed by atoms with Crippen molar-refractivity contribution in [2.75, 3.05) is 34.2 Å². The maximum Gasteiger partial charge on any atom is 0.253 e. The number of aryl methyl sites for hydroxylation is 2. The summed E-state index contributed by atoms with van der Waals surface area (Å²) < 4.78 is 0. The summed E-state index contributed by atoms with van der Waals surface area (Å²) in [5.41, 5.74) is 5.78.